The van der Waals surface area contributed by atoms with Gasteiger partial charge in [0.1, 0.15) is 0 Å². The second-order valence-electron chi connectivity index (χ2n) is 16.5. The van der Waals surface area contributed by atoms with E-state index in [1.165, 1.54) is 0 Å². The summed E-state index contributed by atoms with van der Waals surface area (Å²) in [4.78, 5) is 28.9. The van der Waals surface area contributed by atoms with Gasteiger partial charge in [-0.1, -0.05) is 164 Å². The molecule has 0 radical (unpaired) electrons. The zero-order chi connectivity index (χ0) is 44.4. The number of hydrogen-bond acceptors (Lipinski definition) is 4. The van der Waals surface area contributed by atoms with Crippen LogP contribution in [0.4, 0.5) is 5.69 Å². The van der Waals surface area contributed by atoms with Crippen molar-refractivity contribution >= 4 is 33.4 Å². The summed E-state index contributed by atoms with van der Waals surface area (Å²) in [6.45, 7) is 2.05. The molecule has 11 rings (SSSR count). The van der Waals surface area contributed by atoms with Crippen LogP contribution in [0, 0.1) is 6.92 Å². The minimum Gasteiger partial charge on any atom is -0.322 e. The molecule has 5 heteroatoms. The number of amides is 1. The summed E-state index contributed by atoms with van der Waals surface area (Å²) in [6.07, 6.45) is 1.80. The summed E-state index contributed by atoms with van der Waals surface area (Å²) in [5.41, 5.74) is 18.3. The Morgan fingerprint density at radius 1 is 0.394 bits per heavy atom. The van der Waals surface area contributed by atoms with Crippen LogP contribution in [-0.4, -0.2) is 20.9 Å². The third-order valence-corrected chi connectivity index (χ3v) is 12.3. The molecule has 0 saturated heterocycles. The molecule has 0 atom stereocenters. The molecule has 0 spiro atoms. The van der Waals surface area contributed by atoms with Crippen molar-refractivity contribution in [3.05, 3.63) is 242 Å². The van der Waals surface area contributed by atoms with Crippen LogP contribution in [-0.2, 0) is 0 Å². The maximum atomic E-state index is 14.5. The van der Waals surface area contributed by atoms with E-state index in [1.807, 2.05) is 78.9 Å². The number of nitrogens with one attached hydrogen (secondary N) is 1. The molecule has 3 heterocycles. The molecule has 0 bridgehead atoms. The molecule has 5 nitrogen and oxygen atoms in total. The zero-order valence-corrected chi connectivity index (χ0v) is 36.2. The number of pyridine rings is 3. The average Bonchev–Trinajstić information content (AvgIpc) is 3.39. The number of para-hydroxylation sites is 2. The van der Waals surface area contributed by atoms with Gasteiger partial charge in [-0.15, -0.1) is 0 Å². The SMILES string of the molecule is Cc1cccnc1-c1ccc(NC(=O)c2cc(-c3ccccc3-c3ccc(-c4ccc5ccccc5n4)cc3)cc(-c3ccccc3-c3ccc(-c4ccc5ccccc5n4)cc3)c2)cc1. The van der Waals surface area contributed by atoms with Crippen molar-refractivity contribution in [2.24, 2.45) is 0 Å². The normalized spacial score (nSPS) is 11.2. The molecule has 1 N–H and O–H groups in total. The lowest BCUT2D eigenvalue weighted by Crippen LogP contribution is -2.12. The predicted molar refractivity (Wildman–Crippen MR) is 272 cm³/mol. The molecule has 3 aromatic heterocycles. The summed E-state index contributed by atoms with van der Waals surface area (Å²) in [5, 5.41) is 5.43. The minimum atomic E-state index is -0.200. The molecule has 66 heavy (non-hydrogen) atoms. The first-order chi connectivity index (χ1) is 32.5. The van der Waals surface area contributed by atoms with Crippen LogP contribution in [0.3, 0.4) is 0 Å². The quantitative estimate of drug-likeness (QED) is 0.157. The summed E-state index contributed by atoms with van der Waals surface area (Å²) < 4.78 is 0. The fraction of sp³-hybridized carbons (Fsp3) is 0.0164. The smallest absolute Gasteiger partial charge is 0.255 e. The Morgan fingerprint density at radius 2 is 0.833 bits per heavy atom. The fourth-order valence-corrected chi connectivity index (χ4v) is 8.84. The number of benzene rings is 8. The Bertz CT molecular complexity index is 3390. The van der Waals surface area contributed by atoms with E-state index in [-0.39, 0.29) is 5.91 Å². The van der Waals surface area contributed by atoms with E-state index >= 15 is 0 Å². The number of anilines is 1. The van der Waals surface area contributed by atoms with Crippen molar-refractivity contribution in [3.8, 4) is 78.3 Å². The largest absolute Gasteiger partial charge is 0.322 e. The first kappa shape index (κ1) is 40.0. The highest BCUT2D eigenvalue weighted by Gasteiger charge is 2.17. The van der Waals surface area contributed by atoms with Crippen molar-refractivity contribution in [1.82, 2.24) is 15.0 Å². The van der Waals surface area contributed by atoms with Gasteiger partial charge in [-0.3, -0.25) is 9.78 Å². The monoisotopic (exact) mass is 846 g/mol. The lowest BCUT2D eigenvalue weighted by molar-refractivity contribution is 0.102. The fourth-order valence-electron chi connectivity index (χ4n) is 8.84. The first-order valence-corrected chi connectivity index (χ1v) is 22.1. The van der Waals surface area contributed by atoms with Crippen LogP contribution >= 0.6 is 0 Å². The van der Waals surface area contributed by atoms with E-state index in [9.17, 15) is 4.79 Å². The molecule has 8 aromatic carbocycles. The van der Waals surface area contributed by atoms with Gasteiger partial charge in [0.25, 0.3) is 5.91 Å². The lowest BCUT2D eigenvalue weighted by atomic mass is 9.88. The second kappa shape index (κ2) is 17.4. The van der Waals surface area contributed by atoms with Gasteiger partial charge < -0.3 is 5.32 Å². The van der Waals surface area contributed by atoms with Crippen LogP contribution in [0.25, 0.3) is 100 Å². The highest BCUT2D eigenvalue weighted by molar-refractivity contribution is 6.07. The van der Waals surface area contributed by atoms with E-state index in [4.69, 9.17) is 9.97 Å². The number of fused-ring (bicyclic) bond motifs is 2. The van der Waals surface area contributed by atoms with Gasteiger partial charge in [0.2, 0.25) is 0 Å². The number of carbonyl (C=O) groups excluding carboxylic acids is 1. The molecule has 11 aromatic rings. The molecule has 0 aliphatic heterocycles. The maximum Gasteiger partial charge on any atom is 0.255 e. The summed E-state index contributed by atoms with van der Waals surface area (Å²) >= 11 is 0. The van der Waals surface area contributed by atoms with E-state index in [2.05, 4.69) is 163 Å². The average molecular weight is 847 g/mol. The Balaban J connectivity index is 0.973. The molecule has 1 amide bonds. The molecular formula is C61H42N4O. The van der Waals surface area contributed by atoms with Gasteiger partial charge in [-0.25, -0.2) is 9.97 Å². The van der Waals surface area contributed by atoms with Crippen LogP contribution in [0.2, 0.25) is 0 Å². The molecule has 0 fully saturated rings. The van der Waals surface area contributed by atoms with Crippen molar-refractivity contribution in [2.45, 2.75) is 6.92 Å². The Morgan fingerprint density at radius 3 is 1.33 bits per heavy atom. The Hall–Kier alpha value is -8.80. The van der Waals surface area contributed by atoms with E-state index in [0.29, 0.717) is 11.3 Å². The third-order valence-electron chi connectivity index (χ3n) is 12.3. The Labute approximate surface area is 383 Å². The maximum absolute atomic E-state index is 14.5. The molecule has 0 aliphatic carbocycles. The Kier molecular flexibility index (Phi) is 10.5. The van der Waals surface area contributed by atoms with Gasteiger partial charge in [-0.05, 0) is 118 Å². The van der Waals surface area contributed by atoms with Crippen LogP contribution in [0.5, 0.6) is 0 Å². The highest BCUT2D eigenvalue weighted by Crippen LogP contribution is 2.39. The van der Waals surface area contributed by atoms with Crippen molar-refractivity contribution in [1.29, 1.82) is 0 Å². The van der Waals surface area contributed by atoms with Gasteiger partial charge in [0, 0.05) is 44.9 Å². The zero-order valence-electron chi connectivity index (χ0n) is 36.2. The van der Waals surface area contributed by atoms with Crippen molar-refractivity contribution < 1.29 is 4.79 Å². The first-order valence-electron chi connectivity index (χ1n) is 22.1. The minimum absolute atomic E-state index is 0.200. The van der Waals surface area contributed by atoms with Gasteiger partial charge in [-0.2, -0.15) is 0 Å². The van der Waals surface area contributed by atoms with Gasteiger partial charge in [0.15, 0.2) is 0 Å². The van der Waals surface area contributed by atoms with Crippen molar-refractivity contribution in [3.63, 3.8) is 0 Å². The highest BCUT2D eigenvalue weighted by atomic mass is 16.1. The lowest BCUT2D eigenvalue weighted by Gasteiger charge is -2.17. The van der Waals surface area contributed by atoms with Gasteiger partial charge >= 0.3 is 0 Å². The van der Waals surface area contributed by atoms with Crippen LogP contribution in [0.1, 0.15) is 15.9 Å². The number of nitrogens with zero attached hydrogens (tertiary/aromatic N) is 3. The van der Waals surface area contributed by atoms with Gasteiger partial charge in [0.05, 0.1) is 28.1 Å². The molecule has 0 saturated carbocycles. The number of rotatable bonds is 9. The van der Waals surface area contributed by atoms with E-state index in [0.717, 1.165) is 106 Å². The van der Waals surface area contributed by atoms with E-state index in [1.54, 1.807) is 6.20 Å². The molecule has 0 aliphatic rings. The summed E-state index contributed by atoms with van der Waals surface area (Å²) in [5.74, 6) is -0.200. The summed E-state index contributed by atoms with van der Waals surface area (Å²) in [7, 11) is 0. The topological polar surface area (TPSA) is 67.8 Å². The molecule has 0 unspecified atom stereocenters. The van der Waals surface area contributed by atoms with Crippen molar-refractivity contribution in [2.75, 3.05) is 5.32 Å². The molecular weight excluding hydrogens is 805 g/mol. The van der Waals surface area contributed by atoms with Crippen LogP contribution in [0.15, 0.2) is 231 Å². The number of carbonyl (C=O) groups is 1. The second-order valence-corrected chi connectivity index (χ2v) is 16.5. The number of aromatic nitrogens is 3. The summed E-state index contributed by atoms with van der Waals surface area (Å²) in [6, 6.07) is 76.8. The van der Waals surface area contributed by atoms with E-state index < -0.39 is 0 Å². The molecule has 312 valence electrons. The standard InChI is InChI=1S/C61H42N4O/c1-40-11-10-36-62-60(40)47-28-32-51(33-29-47)63-61(66)50-38-48(54-16-6-4-14-52(54)41-20-24-45(25-21-41)58-34-30-43-12-2-8-18-56(43)64-58)37-49(39-50)55-17-7-5-15-53(55)42-22-26-46(27-23-42)59-35-31-44-13-3-9-19-57(44)65-59/h2-39H,1H3,(H,63,66). The predicted octanol–water partition coefficient (Wildman–Crippen LogP) is 15.4. The number of hydrogen-bond donors (Lipinski definition) is 1. The number of aryl methyl sites for hydroxylation is 1. The van der Waals surface area contributed by atoms with Crippen LogP contribution < -0.4 is 5.32 Å². The third kappa shape index (κ3) is 8.02.